The molecule has 0 aromatic heterocycles. The fourth-order valence-electron chi connectivity index (χ4n) is 3.31. The molecule has 0 bridgehead atoms. The van der Waals surface area contributed by atoms with E-state index in [2.05, 4.69) is 6.92 Å². The maximum atomic E-state index is 11.5. The number of aliphatic hydroxyl groups excluding tert-OH is 2. The molecular weight excluding hydrogens is 316 g/mol. The van der Waals surface area contributed by atoms with Crippen LogP contribution < -0.4 is 0 Å². The Kier molecular flexibility index (Phi) is 17.7. The van der Waals surface area contributed by atoms with Crippen LogP contribution in [0.25, 0.3) is 0 Å². The molecule has 0 aliphatic heterocycles. The van der Waals surface area contributed by atoms with Crippen LogP contribution in [0.2, 0.25) is 0 Å². The van der Waals surface area contributed by atoms with Gasteiger partial charge in [0.25, 0.3) is 0 Å². The largest absolute Gasteiger partial charge is 0.469 e. The van der Waals surface area contributed by atoms with Gasteiger partial charge in [-0.1, -0.05) is 77.6 Å². The minimum absolute atomic E-state index is 0.0459. The predicted molar refractivity (Wildman–Crippen MR) is 104 cm³/mol. The topological polar surface area (TPSA) is 66.8 Å². The van der Waals surface area contributed by atoms with Crippen molar-refractivity contribution in [3.05, 3.63) is 0 Å². The molecule has 0 radical (unpaired) electrons. The van der Waals surface area contributed by atoms with Crippen molar-refractivity contribution in [3.63, 3.8) is 0 Å². The second kappa shape index (κ2) is 18.2. The Labute approximate surface area is 155 Å². The monoisotopic (exact) mass is 358 g/mol. The normalized spacial score (nSPS) is 13.6. The number of aliphatic hydroxyl groups is 2. The smallest absolute Gasteiger partial charge is 0.308 e. The maximum absolute atomic E-state index is 11.5. The first-order valence-corrected chi connectivity index (χ1v) is 10.5. The summed E-state index contributed by atoms with van der Waals surface area (Å²) < 4.78 is 4.77. The minimum atomic E-state index is -0.192. The summed E-state index contributed by atoms with van der Waals surface area (Å²) in [5, 5.41) is 18.9. The molecule has 0 aromatic rings. The van der Waals surface area contributed by atoms with E-state index in [1.165, 1.54) is 52.1 Å². The quantitative estimate of drug-likeness (QED) is 0.267. The summed E-state index contributed by atoms with van der Waals surface area (Å²) in [5.41, 5.74) is 0. The van der Waals surface area contributed by atoms with Crippen LogP contribution in [0.15, 0.2) is 0 Å². The standard InChI is InChI=1S/C21H42O4/c1-3-4-5-12-15-20(23)16-13-10-8-6-7-9-11-14-19(17-18-22)21(24)25-2/h19-20,22-23H,3-18H2,1-2H3. The number of methoxy groups -OCH3 is 1. The molecule has 0 saturated carbocycles. The summed E-state index contributed by atoms with van der Waals surface area (Å²) in [6.07, 6.45) is 16.3. The average molecular weight is 359 g/mol. The number of esters is 1. The van der Waals surface area contributed by atoms with Gasteiger partial charge in [0, 0.05) is 6.61 Å². The Morgan fingerprint density at radius 1 is 0.800 bits per heavy atom. The van der Waals surface area contributed by atoms with Gasteiger partial charge in [0.2, 0.25) is 0 Å². The predicted octanol–water partition coefficient (Wildman–Crippen LogP) is 5.00. The lowest BCUT2D eigenvalue weighted by Gasteiger charge is -2.13. The molecule has 0 spiro atoms. The van der Waals surface area contributed by atoms with Crippen LogP contribution in [0.1, 0.15) is 103 Å². The van der Waals surface area contributed by atoms with Gasteiger partial charge >= 0.3 is 5.97 Å². The molecule has 0 aliphatic rings. The Morgan fingerprint density at radius 3 is 1.76 bits per heavy atom. The Hall–Kier alpha value is -0.610. The van der Waals surface area contributed by atoms with Crippen molar-refractivity contribution < 1.29 is 19.7 Å². The Balaban J connectivity index is 3.41. The van der Waals surface area contributed by atoms with Crippen LogP contribution >= 0.6 is 0 Å². The van der Waals surface area contributed by atoms with E-state index in [0.717, 1.165) is 44.9 Å². The number of hydrogen-bond acceptors (Lipinski definition) is 4. The summed E-state index contributed by atoms with van der Waals surface area (Å²) in [6, 6.07) is 0. The molecule has 150 valence electrons. The van der Waals surface area contributed by atoms with E-state index in [-0.39, 0.29) is 24.6 Å². The zero-order valence-electron chi connectivity index (χ0n) is 16.7. The van der Waals surface area contributed by atoms with Crippen LogP contribution in [-0.4, -0.2) is 36.0 Å². The molecule has 0 heterocycles. The van der Waals surface area contributed by atoms with E-state index in [1.54, 1.807) is 0 Å². The van der Waals surface area contributed by atoms with E-state index in [1.807, 2.05) is 0 Å². The second-order valence-corrected chi connectivity index (χ2v) is 7.29. The van der Waals surface area contributed by atoms with Crippen LogP contribution in [0, 0.1) is 5.92 Å². The number of carbonyl (C=O) groups excluding carboxylic acids is 1. The third-order valence-electron chi connectivity index (χ3n) is 4.99. The summed E-state index contributed by atoms with van der Waals surface area (Å²) in [6.45, 7) is 2.26. The first-order chi connectivity index (χ1) is 12.2. The second-order valence-electron chi connectivity index (χ2n) is 7.29. The fraction of sp³-hybridized carbons (Fsp3) is 0.952. The molecule has 4 nitrogen and oxygen atoms in total. The Bertz CT molecular complexity index is 294. The van der Waals surface area contributed by atoms with E-state index in [0.29, 0.717) is 6.42 Å². The molecule has 2 unspecified atom stereocenters. The molecular formula is C21H42O4. The zero-order chi connectivity index (χ0) is 18.8. The molecule has 0 fully saturated rings. The first-order valence-electron chi connectivity index (χ1n) is 10.5. The van der Waals surface area contributed by atoms with Crippen molar-refractivity contribution >= 4 is 5.97 Å². The molecule has 0 saturated heterocycles. The summed E-state index contributed by atoms with van der Waals surface area (Å²) in [7, 11) is 1.41. The van der Waals surface area contributed by atoms with Gasteiger partial charge in [0.15, 0.2) is 0 Å². The summed E-state index contributed by atoms with van der Waals surface area (Å²) >= 11 is 0. The lowest BCUT2D eigenvalue weighted by molar-refractivity contribution is -0.146. The molecule has 2 atom stereocenters. The van der Waals surface area contributed by atoms with Gasteiger partial charge in [0.1, 0.15) is 0 Å². The number of rotatable bonds is 18. The van der Waals surface area contributed by atoms with Gasteiger partial charge in [-0.15, -0.1) is 0 Å². The first kappa shape index (κ1) is 24.4. The number of hydrogen-bond donors (Lipinski definition) is 2. The minimum Gasteiger partial charge on any atom is -0.469 e. The van der Waals surface area contributed by atoms with Crippen LogP contribution in [0.3, 0.4) is 0 Å². The summed E-state index contributed by atoms with van der Waals surface area (Å²) in [4.78, 5) is 11.5. The van der Waals surface area contributed by atoms with Gasteiger partial charge in [-0.25, -0.2) is 0 Å². The van der Waals surface area contributed by atoms with Crippen LogP contribution in [0.4, 0.5) is 0 Å². The van der Waals surface area contributed by atoms with Gasteiger partial charge < -0.3 is 14.9 Å². The van der Waals surface area contributed by atoms with Crippen molar-refractivity contribution in [1.82, 2.24) is 0 Å². The highest BCUT2D eigenvalue weighted by molar-refractivity contribution is 5.72. The molecule has 4 heteroatoms. The van der Waals surface area contributed by atoms with E-state index in [4.69, 9.17) is 9.84 Å². The van der Waals surface area contributed by atoms with Gasteiger partial charge in [-0.3, -0.25) is 4.79 Å². The lowest BCUT2D eigenvalue weighted by atomic mass is 9.97. The van der Waals surface area contributed by atoms with Crippen molar-refractivity contribution in [2.24, 2.45) is 5.92 Å². The molecule has 0 aliphatic carbocycles. The van der Waals surface area contributed by atoms with Gasteiger partial charge in [0.05, 0.1) is 19.1 Å². The molecule has 0 amide bonds. The third kappa shape index (κ3) is 15.4. The van der Waals surface area contributed by atoms with Crippen molar-refractivity contribution in [3.8, 4) is 0 Å². The third-order valence-corrected chi connectivity index (χ3v) is 4.99. The van der Waals surface area contributed by atoms with Crippen LogP contribution in [-0.2, 0) is 9.53 Å². The van der Waals surface area contributed by atoms with Crippen molar-refractivity contribution in [2.45, 2.75) is 109 Å². The molecule has 0 rings (SSSR count). The Morgan fingerprint density at radius 2 is 1.28 bits per heavy atom. The van der Waals surface area contributed by atoms with E-state index >= 15 is 0 Å². The fourth-order valence-corrected chi connectivity index (χ4v) is 3.31. The van der Waals surface area contributed by atoms with Crippen molar-refractivity contribution in [2.75, 3.05) is 13.7 Å². The lowest BCUT2D eigenvalue weighted by Crippen LogP contribution is -2.17. The van der Waals surface area contributed by atoms with Crippen molar-refractivity contribution in [1.29, 1.82) is 0 Å². The zero-order valence-corrected chi connectivity index (χ0v) is 16.7. The molecule has 25 heavy (non-hydrogen) atoms. The highest BCUT2D eigenvalue weighted by Gasteiger charge is 2.17. The summed E-state index contributed by atoms with van der Waals surface area (Å²) in [5.74, 6) is -0.337. The highest BCUT2D eigenvalue weighted by Crippen LogP contribution is 2.17. The van der Waals surface area contributed by atoms with E-state index in [9.17, 15) is 9.90 Å². The SMILES string of the molecule is CCCCCCC(O)CCCCCCCCCC(CCO)C(=O)OC. The number of ether oxygens (including phenoxy) is 1. The van der Waals surface area contributed by atoms with E-state index < -0.39 is 0 Å². The maximum Gasteiger partial charge on any atom is 0.308 e. The van der Waals surface area contributed by atoms with Gasteiger partial charge in [-0.2, -0.15) is 0 Å². The average Bonchev–Trinajstić information content (AvgIpc) is 2.62. The highest BCUT2D eigenvalue weighted by atomic mass is 16.5. The van der Waals surface area contributed by atoms with Crippen LogP contribution in [0.5, 0.6) is 0 Å². The molecule has 2 N–H and O–H groups in total. The van der Waals surface area contributed by atoms with Gasteiger partial charge in [-0.05, 0) is 25.7 Å². The molecule has 0 aromatic carbocycles. The number of carbonyl (C=O) groups is 1. The number of unbranched alkanes of at least 4 members (excludes halogenated alkanes) is 9.